The smallest absolute Gasteiger partial charge is 0.270 e. The van der Waals surface area contributed by atoms with E-state index in [1.54, 1.807) is 12.3 Å². The Hall–Kier alpha value is -2.66. The average molecular weight is 336 g/mol. The molecule has 0 aliphatic carbocycles. The van der Waals surface area contributed by atoms with E-state index >= 15 is 0 Å². The number of quaternary nitrogens is 1. The van der Waals surface area contributed by atoms with Crippen molar-refractivity contribution in [2.45, 2.75) is 18.9 Å². The second-order valence-corrected chi connectivity index (χ2v) is 6.53. The number of carbonyl (C=O) groups is 1. The summed E-state index contributed by atoms with van der Waals surface area (Å²) in [6.07, 6.45) is 4.16. The van der Waals surface area contributed by atoms with Crippen LogP contribution in [0.25, 0.3) is 10.9 Å². The first-order valence-electron chi connectivity index (χ1n) is 8.83. The molecule has 2 aromatic heterocycles. The molecule has 128 valence electrons. The molecule has 1 fully saturated rings. The van der Waals surface area contributed by atoms with Crippen molar-refractivity contribution in [2.75, 3.05) is 19.6 Å². The van der Waals surface area contributed by atoms with E-state index in [0.717, 1.165) is 29.8 Å². The Balaban J connectivity index is 1.48. The molecule has 1 atom stereocenters. The number of nitrogens with one attached hydrogen (secondary N) is 2. The molecule has 0 spiro atoms. The molecule has 1 aliphatic heterocycles. The minimum Gasteiger partial charge on any atom is -0.463 e. The summed E-state index contributed by atoms with van der Waals surface area (Å²) in [5.41, 5.74) is 1.29. The molecule has 4 rings (SSSR count). The number of rotatable bonds is 5. The third-order valence-corrected chi connectivity index (χ3v) is 4.92. The minimum absolute atomic E-state index is 0.138. The average Bonchev–Trinajstić information content (AvgIpc) is 3.36. The number of hydrogen-bond acceptors (Lipinski definition) is 3. The van der Waals surface area contributed by atoms with Crippen LogP contribution >= 0.6 is 0 Å². The van der Waals surface area contributed by atoms with Gasteiger partial charge in [-0.15, -0.1) is 0 Å². The zero-order chi connectivity index (χ0) is 17.1. The van der Waals surface area contributed by atoms with E-state index in [2.05, 4.69) is 10.3 Å². The first-order valence-corrected chi connectivity index (χ1v) is 8.83. The summed E-state index contributed by atoms with van der Waals surface area (Å²) in [6.45, 7) is 2.79. The summed E-state index contributed by atoms with van der Waals surface area (Å²) >= 11 is 0. The highest BCUT2D eigenvalue weighted by molar-refractivity contribution is 5.94. The van der Waals surface area contributed by atoms with Crippen LogP contribution in [0.3, 0.4) is 0 Å². The van der Waals surface area contributed by atoms with Crippen molar-refractivity contribution in [1.82, 2.24) is 10.3 Å². The number of benzene rings is 1. The van der Waals surface area contributed by atoms with Gasteiger partial charge in [-0.2, -0.15) is 0 Å². The van der Waals surface area contributed by atoms with Crippen LogP contribution in [0.1, 0.15) is 35.1 Å². The topological polar surface area (TPSA) is 59.6 Å². The number of carbonyl (C=O) groups excluding carboxylic acids is 1. The lowest BCUT2D eigenvalue weighted by Crippen LogP contribution is -3.11. The molecule has 5 heteroatoms. The number of aromatic nitrogens is 1. The van der Waals surface area contributed by atoms with Crippen molar-refractivity contribution in [3.05, 3.63) is 66.2 Å². The molecule has 3 aromatic rings. The molecule has 1 aromatic carbocycles. The number of likely N-dealkylation sites (tertiary alicyclic amines) is 1. The predicted molar refractivity (Wildman–Crippen MR) is 95.5 cm³/mol. The van der Waals surface area contributed by atoms with E-state index in [1.165, 1.54) is 17.7 Å². The fraction of sp³-hybridized carbons (Fsp3) is 0.300. The van der Waals surface area contributed by atoms with Crippen LogP contribution in [0.5, 0.6) is 0 Å². The van der Waals surface area contributed by atoms with Gasteiger partial charge in [0.2, 0.25) is 0 Å². The molecular formula is C20H22N3O2+. The van der Waals surface area contributed by atoms with E-state index in [4.69, 9.17) is 4.42 Å². The molecule has 25 heavy (non-hydrogen) atoms. The second-order valence-electron chi connectivity index (χ2n) is 6.53. The van der Waals surface area contributed by atoms with Gasteiger partial charge in [-0.3, -0.25) is 4.79 Å². The van der Waals surface area contributed by atoms with Gasteiger partial charge in [-0.1, -0.05) is 24.3 Å². The van der Waals surface area contributed by atoms with Crippen LogP contribution in [0.15, 0.2) is 59.2 Å². The standard InChI is InChI=1S/C20H21N3O2/c24-20(17-10-9-15-6-1-2-7-16(15)22-17)21-14-18(19-8-5-13-25-19)23-11-3-4-12-23/h1-2,5-10,13,18H,3-4,11-12,14H2,(H,21,24)/p+1/t18-/m1/s1. The Morgan fingerprint density at radius 3 is 2.76 bits per heavy atom. The van der Waals surface area contributed by atoms with Gasteiger partial charge < -0.3 is 14.6 Å². The van der Waals surface area contributed by atoms with Crippen molar-refractivity contribution in [3.8, 4) is 0 Å². The molecule has 1 amide bonds. The van der Waals surface area contributed by atoms with Crippen molar-refractivity contribution in [3.63, 3.8) is 0 Å². The van der Waals surface area contributed by atoms with Gasteiger partial charge in [0.05, 0.1) is 31.4 Å². The molecule has 1 saturated heterocycles. The number of nitrogens with zero attached hydrogens (tertiary/aromatic N) is 1. The van der Waals surface area contributed by atoms with E-state index in [-0.39, 0.29) is 11.9 Å². The monoisotopic (exact) mass is 336 g/mol. The number of hydrogen-bond donors (Lipinski definition) is 2. The second kappa shape index (κ2) is 7.07. The number of pyridine rings is 1. The molecule has 2 N–H and O–H groups in total. The van der Waals surface area contributed by atoms with Crippen LogP contribution in [0.4, 0.5) is 0 Å². The third-order valence-electron chi connectivity index (χ3n) is 4.92. The Bertz CT molecular complexity index is 854. The zero-order valence-electron chi connectivity index (χ0n) is 14.1. The highest BCUT2D eigenvalue weighted by Crippen LogP contribution is 2.13. The minimum atomic E-state index is -0.138. The van der Waals surface area contributed by atoms with E-state index < -0.39 is 0 Å². The van der Waals surface area contributed by atoms with E-state index in [1.807, 2.05) is 42.5 Å². The lowest BCUT2D eigenvalue weighted by Gasteiger charge is -2.23. The summed E-state index contributed by atoms with van der Waals surface area (Å²) in [6, 6.07) is 15.6. The van der Waals surface area contributed by atoms with Crippen LogP contribution in [0, 0.1) is 0 Å². The zero-order valence-corrected chi connectivity index (χ0v) is 14.1. The van der Waals surface area contributed by atoms with Gasteiger partial charge in [0.25, 0.3) is 5.91 Å². The normalized spacial score (nSPS) is 16.2. The number of fused-ring (bicyclic) bond motifs is 1. The molecule has 1 aliphatic rings. The lowest BCUT2D eigenvalue weighted by atomic mass is 10.1. The fourth-order valence-electron chi connectivity index (χ4n) is 3.59. The lowest BCUT2D eigenvalue weighted by molar-refractivity contribution is -0.919. The molecule has 3 heterocycles. The largest absolute Gasteiger partial charge is 0.463 e. The highest BCUT2D eigenvalue weighted by Gasteiger charge is 2.29. The number of amides is 1. The first kappa shape index (κ1) is 15.8. The van der Waals surface area contributed by atoms with Gasteiger partial charge in [0.1, 0.15) is 5.69 Å². The highest BCUT2D eigenvalue weighted by atomic mass is 16.3. The summed E-state index contributed by atoms with van der Waals surface area (Å²) in [5.74, 6) is 0.796. The number of para-hydroxylation sites is 1. The quantitative estimate of drug-likeness (QED) is 0.749. The molecule has 5 nitrogen and oxygen atoms in total. The maximum Gasteiger partial charge on any atom is 0.270 e. The van der Waals surface area contributed by atoms with Crippen LogP contribution in [-0.2, 0) is 0 Å². The molecule has 0 unspecified atom stereocenters. The maximum absolute atomic E-state index is 12.6. The number of furan rings is 1. The van der Waals surface area contributed by atoms with Gasteiger partial charge in [-0.05, 0) is 24.3 Å². The Morgan fingerprint density at radius 2 is 1.96 bits per heavy atom. The van der Waals surface area contributed by atoms with Gasteiger partial charge in [0.15, 0.2) is 11.8 Å². The fourth-order valence-corrected chi connectivity index (χ4v) is 3.59. The van der Waals surface area contributed by atoms with Crippen LogP contribution < -0.4 is 10.2 Å². The summed E-state index contributed by atoms with van der Waals surface area (Å²) in [7, 11) is 0. The summed E-state index contributed by atoms with van der Waals surface area (Å²) < 4.78 is 5.62. The van der Waals surface area contributed by atoms with E-state index in [9.17, 15) is 4.79 Å². The summed E-state index contributed by atoms with van der Waals surface area (Å²) in [5, 5.41) is 4.08. The van der Waals surface area contributed by atoms with Gasteiger partial charge >= 0.3 is 0 Å². The SMILES string of the molecule is O=C(NC[C@H](c1ccco1)[NH+]1CCCC1)c1ccc2ccccc2n1. The van der Waals surface area contributed by atoms with Gasteiger partial charge in [-0.25, -0.2) is 4.98 Å². The first-order chi connectivity index (χ1) is 12.3. The van der Waals surface area contributed by atoms with E-state index in [0.29, 0.717) is 12.2 Å². The van der Waals surface area contributed by atoms with Crippen molar-refractivity contribution >= 4 is 16.8 Å². The predicted octanol–water partition coefficient (Wildman–Crippen LogP) is 1.98. The molecule has 0 bridgehead atoms. The third kappa shape index (κ3) is 3.42. The van der Waals surface area contributed by atoms with Crippen molar-refractivity contribution in [1.29, 1.82) is 0 Å². The molecule has 0 radical (unpaired) electrons. The van der Waals surface area contributed by atoms with Crippen molar-refractivity contribution in [2.24, 2.45) is 0 Å². The Morgan fingerprint density at radius 1 is 1.12 bits per heavy atom. The maximum atomic E-state index is 12.6. The van der Waals surface area contributed by atoms with Crippen LogP contribution in [-0.4, -0.2) is 30.5 Å². The molecular weight excluding hydrogens is 314 g/mol. The Labute approximate surface area is 146 Å². The van der Waals surface area contributed by atoms with Crippen LogP contribution in [0.2, 0.25) is 0 Å². The summed E-state index contributed by atoms with van der Waals surface area (Å²) in [4.78, 5) is 18.5. The van der Waals surface area contributed by atoms with Gasteiger partial charge in [0, 0.05) is 18.2 Å². The van der Waals surface area contributed by atoms with Crippen molar-refractivity contribution < 1.29 is 14.1 Å². The molecule has 0 saturated carbocycles. The Kier molecular flexibility index (Phi) is 4.48.